The number of hydrogen-bond acceptors (Lipinski definition) is 5. The fraction of sp³-hybridized carbons (Fsp3) is 0.933. The van der Waals surface area contributed by atoms with Crippen molar-refractivity contribution < 1.29 is 19.7 Å². The van der Waals surface area contributed by atoms with E-state index in [4.69, 9.17) is 22.1 Å². The number of carbonyl (C=O) groups is 1. The molecule has 4 nitrogen and oxygen atoms in total. The second-order valence-corrected chi connectivity index (χ2v) is 11.2. The first-order valence-corrected chi connectivity index (χ1v) is 15.4. The largest absolute Gasteiger partial charge is 0.417 e. The third-order valence-corrected chi connectivity index (χ3v) is 7.59. The van der Waals surface area contributed by atoms with Crippen LogP contribution in [0.1, 0.15) is 162 Å². The van der Waals surface area contributed by atoms with Gasteiger partial charge in [-0.1, -0.05) is 136 Å². The highest BCUT2D eigenvalue weighted by atomic mass is 32.1. The maximum atomic E-state index is 12.0. The van der Waals surface area contributed by atoms with Crippen molar-refractivity contribution >= 4 is 23.2 Å². The molecule has 5 heteroatoms. The van der Waals surface area contributed by atoms with Crippen LogP contribution in [-0.4, -0.2) is 33.9 Å². The minimum Gasteiger partial charge on any atom is -0.417 e. The van der Waals surface area contributed by atoms with Crippen molar-refractivity contribution in [3.05, 3.63) is 0 Å². The van der Waals surface area contributed by atoms with Crippen molar-refractivity contribution in [3.8, 4) is 0 Å². The van der Waals surface area contributed by atoms with E-state index < -0.39 is 18.7 Å². The molecule has 0 aliphatic carbocycles. The summed E-state index contributed by atoms with van der Waals surface area (Å²) in [7, 11) is 0. The Bertz CT molecular complexity index is 468. The number of aliphatic hydroxyl groups excluding tert-OH is 2. The summed E-state index contributed by atoms with van der Waals surface area (Å²) in [5.74, 6) is -0.829. The van der Waals surface area contributed by atoms with Crippen LogP contribution in [0.15, 0.2) is 0 Å². The standard InChI is InChI=1S/C30H58O4S/c1-4-7-10-13-16-19-22-30(23-20-17-14-11-8-5-2,24-21-18-15-12-9-6-3)25-28(35)34-29(33)27(32)26-31/h27,31-32H,4-26H2,1-3H3. The Balaban J connectivity index is 5.18. The zero-order chi connectivity index (χ0) is 26.2. The van der Waals surface area contributed by atoms with Crippen LogP contribution in [-0.2, 0) is 9.53 Å². The molecule has 0 saturated carbocycles. The van der Waals surface area contributed by atoms with Crippen molar-refractivity contribution in [3.63, 3.8) is 0 Å². The molecule has 1 unspecified atom stereocenters. The first-order chi connectivity index (χ1) is 16.9. The fourth-order valence-electron chi connectivity index (χ4n) is 5.08. The predicted octanol–water partition coefficient (Wildman–Crippen LogP) is 8.84. The highest BCUT2D eigenvalue weighted by Crippen LogP contribution is 2.41. The number of esters is 1. The lowest BCUT2D eigenvalue weighted by atomic mass is 9.71. The molecule has 0 bridgehead atoms. The summed E-state index contributed by atoms with van der Waals surface area (Å²) in [5.41, 5.74) is 0.0712. The molecule has 2 N–H and O–H groups in total. The molecule has 1 atom stereocenters. The molecule has 0 amide bonds. The number of ether oxygens (including phenoxy) is 1. The smallest absolute Gasteiger partial charge is 0.343 e. The lowest BCUT2D eigenvalue weighted by Gasteiger charge is -2.35. The third kappa shape index (κ3) is 19.3. The van der Waals surface area contributed by atoms with Crippen molar-refractivity contribution in [1.82, 2.24) is 0 Å². The van der Waals surface area contributed by atoms with Gasteiger partial charge in [-0.15, -0.1) is 0 Å². The van der Waals surface area contributed by atoms with E-state index in [0.717, 1.165) is 19.3 Å². The van der Waals surface area contributed by atoms with Crippen molar-refractivity contribution in [2.75, 3.05) is 6.61 Å². The van der Waals surface area contributed by atoms with Gasteiger partial charge in [0, 0.05) is 6.42 Å². The van der Waals surface area contributed by atoms with Gasteiger partial charge in [-0.2, -0.15) is 0 Å². The number of hydrogen-bond donors (Lipinski definition) is 2. The number of carbonyl (C=O) groups excluding carboxylic acids is 1. The lowest BCUT2D eigenvalue weighted by molar-refractivity contribution is -0.146. The highest BCUT2D eigenvalue weighted by molar-refractivity contribution is 7.80. The second kappa shape index (κ2) is 23.9. The Labute approximate surface area is 223 Å². The van der Waals surface area contributed by atoms with Gasteiger partial charge >= 0.3 is 5.97 Å². The molecule has 0 aromatic rings. The van der Waals surface area contributed by atoms with Crippen LogP contribution in [0.4, 0.5) is 0 Å². The van der Waals surface area contributed by atoms with Crippen molar-refractivity contribution in [2.24, 2.45) is 5.41 Å². The molecule has 0 aliphatic rings. The van der Waals surface area contributed by atoms with Gasteiger partial charge in [-0.3, -0.25) is 0 Å². The highest BCUT2D eigenvalue weighted by Gasteiger charge is 2.32. The van der Waals surface area contributed by atoms with Crippen LogP contribution in [0.2, 0.25) is 0 Å². The molecular formula is C30H58O4S. The molecule has 0 rings (SSSR count). The average Bonchev–Trinajstić information content (AvgIpc) is 2.84. The molecule has 0 aromatic heterocycles. The number of aliphatic hydroxyl groups is 2. The van der Waals surface area contributed by atoms with E-state index in [1.54, 1.807) is 0 Å². The van der Waals surface area contributed by atoms with Crippen LogP contribution < -0.4 is 0 Å². The molecule has 0 saturated heterocycles. The average molecular weight is 515 g/mol. The quantitative estimate of drug-likeness (QED) is 0.0723. The molecule has 0 spiro atoms. The molecule has 0 aromatic carbocycles. The van der Waals surface area contributed by atoms with Crippen LogP contribution in [0.3, 0.4) is 0 Å². The molecule has 0 heterocycles. The molecule has 0 radical (unpaired) electrons. The number of unbranched alkanes of at least 4 members (excludes halogenated alkanes) is 15. The SMILES string of the molecule is CCCCCCCCC(CCCCCCCC)(CCCCCCCC)CC(=S)OC(=O)C(O)CO. The van der Waals surface area contributed by atoms with Crippen LogP contribution in [0.5, 0.6) is 0 Å². The van der Waals surface area contributed by atoms with Crippen molar-refractivity contribution in [1.29, 1.82) is 0 Å². The molecule has 0 aliphatic heterocycles. The van der Waals surface area contributed by atoms with Gasteiger partial charge in [0.25, 0.3) is 0 Å². The van der Waals surface area contributed by atoms with E-state index >= 15 is 0 Å². The van der Waals surface area contributed by atoms with Crippen LogP contribution in [0.25, 0.3) is 0 Å². The fourth-order valence-corrected chi connectivity index (χ4v) is 5.47. The first kappa shape index (κ1) is 34.5. The van der Waals surface area contributed by atoms with Gasteiger partial charge in [-0.05, 0) is 36.9 Å². The zero-order valence-corrected chi connectivity index (χ0v) is 24.3. The predicted molar refractivity (Wildman–Crippen MR) is 153 cm³/mol. The van der Waals surface area contributed by atoms with Gasteiger partial charge < -0.3 is 14.9 Å². The Morgan fingerprint density at radius 1 is 0.686 bits per heavy atom. The first-order valence-electron chi connectivity index (χ1n) is 15.0. The van der Waals surface area contributed by atoms with Crippen molar-refractivity contribution in [2.45, 2.75) is 168 Å². The van der Waals surface area contributed by atoms with E-state index in [1.165, 1.54) is 116 Å². The normalized spacial score (nSPS) is 12.6. The van der Waals surface area contributed by atoms with Gasteiger partial charge in [0.1, 0.15) is 0 Å². The van der Waals surface area contributed by atoms with Crippen LogP contribution >= 0.6 is 12.2 Å². The Morgan fingerprint density at radius 2 is 1.03 bits per heavy atom. The zero-order valence-electron chi connectivity index (χ0n) is 23.5. The summed E-state index contributed by atoms with van der Waals surface area (Å²) in [4.78, 5) is 12.0. The summed E-state index contributed by atoms with van der Waals surface area (Å²) in [6, 6.07) is 0. The summed E-state index contributed by atoms with van der Waals surface area (Å²) >= 11 is 5.52. The Hall–Kier alpha value is -0.520. The molecule has 208 valence electrons. The van der Waals surface area contributed by atoms with E-state index in [-0.39, 0.29) is 10.5 Å². The summed E-state index contributed by atoms with van der Waals surface area (Å²) in [6.45, 7) is 6.12. The molecule has 0 fully saturated rings. The van der Waals surface area contributed by atoms with Gasteiger partial charge in [0.15, 0.2) is 11.2 Å². The maximum absolute atomic E-state index is 12.0. The number of rotatable bonds is 25. The Morgan fingerprint density at radius 3 is 1.37 bits per heavy atom. The maximum Gasteiger partial charge on any atom is 0.343 e. The van der Waals surface area contributed by atoms with E-state index in [1.807, 2.05) is 0 Å². The molecule has 35 heavy (non-hydrogen) atoms. The van der Waals surface area contributed by atoms with Gasteiger partial charge in [0.2, 0.25) is 0 Å². The minimum atomic E-state index is -1.52. The lowest BCUT2D eigenvalue weighted by Crippen LogP contribution is -2.31. The van der Waals surface area contributed by atoms with Gasteiger partial charge in [0.05, 0.1) is 6.61 Å². The minimum absolute atomic E-state index is 0.0712. The Kier molecular flexibility index (Phi) is 23.5. The van der Waals surface area contributed by atoms with E-state index in [2.05, 4.69) is 20.8 Å². The van der Waals surface area contributed by atoms with E-state index in [0.29, 0.717) is 6.42 Å². The monoisotopic (exact) mass is 514 g/mol. The molecular weight excluding hydrogens is 456 g/mol. The summed E-state index contributed by atoms with van der Waals surface area (Å²) in [5, 5.41) is 19.0. The second-order valence-electron chi connectivity index (χ2n) is 10.7. The number of thiocarbonyl (C=S) groups is 1. The van der Waals surface area contributed by atoms with Gasteiger partial charge in [-0.25, -0.2) is 4.79 Å². The third-order valence-electron chi connectivity index (χ3n) is 7.36. The topological polar surface area (TPSA) is 66.8 Å². The van der Waals surface area contributed by atoms with E-state index in [9.17, 15) is 9.90 Å². The summed E-state index contributed by atoms with van der Waals surface area (Å²) in [6.07, 6.45) is 25.4. The summed E-state index contributed by atoms with van der Waals surface area (Å²) < 4.78 is 5.32. The van der Waals surface area contributed by atoms with Crippen LogP contribution in [0, 0.1) is 5.41 Å².